The van der Waals surface area contributed by atoms with Crippen molar-refractivity contribution < 1.29 is 4.79 Å². The summed E-state index contributed by atoms with van der Waals surface area (Å²) < 4.78 is 0. The van der Waals surface area contributed by atoms with Gasteiger partial charge in [-0.2, -0.15) is 5.10 Å². The van der Waals surface area contributed by atoms with Crippen molar-refractivity contribution in [2.45, 2.75) is 40.0 Å². The molecule has 3 N–H and O–H groups in total. The molecule has 0 bridgehead atoms. The molecule has 0 unspecified atom stereocenters. The highest BCUT2D eigenvalue weighted by Crippen LogP contribution is 2.20. The van der Waals surface area contributed by atoms with Crippen molar-refractivity contribution in [2.75, 3.05) is 18.9 Å². The molecule has 5 nitrogen and oxygen atoms in total. The van der Waals surface area contributed by atoms with E-state index in [9.17, 15) is 4.79 Å². The fourth-order valence-electron chi connectivity index (χ4n) is 1.72. The molecular weight excluding hydrogens is 228 g/mol. The van der Waals surface area contributed by atoms with Crippen molar-refractivity contribution in [3.63, 3.8) is 0 Å². The minimum absolute atomic E-state index is 0.0130. The van der Waals surface area contributed by atoms with Crippen LogP contribution in [0.15, 0.2) is 6.07 Å². The van der Waals surface area contributed by atoms with E-state index in [0.29, 0.717) is 12.2 Å². The van der Waals surface area contributed by atoms with Gasteiger partial charge in [0.2, 0.25) is 5.91 Å². The van der Waals surface area contributed by atoms with Gasteiger partial charge in [-0.25, -0.2) is 0 Å². The van der Waals surface area contributed by atoms with Gasteiger partial charge in [0.25, 0.3) is 0 Å². The predicted octanol–water partition coefficient (Wildman–Crippen LogP) is 1.94. The van der Waals surface area contributed by atoms with E-state index in [-0.39, 0.29) is 11.3 Å². The molecule has 0 fully saturated rings. The molecule has 0 atom stereocenters. The second kappa shape index (κ2) is 6.54. The zero-order chi connectivity index (χ0) is 13.6. The topological polar surface area (TPSA) is 69.8 Å². The number of carbonyl (C=O) groups is 1. The molecule has 0 aliphatic carbocycles. The van der Waals surface area contributed by atoms with E-state index in [2.05, 4.69) is 41.6 Å². The number of hydrogen-bond donors (Lipinski definition) is 3. The zero-order valence-corrected chi connectivity index (χ0v) is 11.8. The van der Waals surface area contributed by atoms with Gasteiger partial charge in [0, 0.05) is 18.2 Å². The lowest BCUT2D eigenvalue weighted by Crippen LogP contribution is -2.15. The van der Waals surface area contributed by atoms with Crippen LogP contribution in [-0.2, 0) is 11.2 Å². The summed E-state index contributed by atoms with van der Waals surface area (Å²) in [6, 6.07) is 1.90. The summed E-state index contributed by atoms with van der Waals surface area (Å²) in [5.41, 5.74) is 1.26. The van der Waals surface area contributed by atoms with Crippen LogP contribution in [0.4, 0.5) is 5.82 Å². The fraction of sp³-hybridized carbons (Fsp3) is 0.692. The van der Waals surface area contributed by atoms with E-state index < -0.39 is 0 Å². The maximum Gasteiger partial charge on any atom is 0.225 e. The number of anilines is 1. The van der Waals surface area contributed by atoms with Crippen LogP contribution in [-0.4, -0.2) is 29.7 Å². The third-order valence-electron chi connectivity index (χ3n) is 2.45. The molecule has 18 heavy (non-hydrogen) atoms. The van der Waals surface area contributed by atoms with Gasteiger partial charge in [0.1, 0.15) is 0 Å². The number of carbonyl (C=O) groups excluding carboxylic acids is 1. The number of hydrogen-bond acceptors (Lipinski definition) is 3. The summed E-state index contributed by atoms with van der Waals surface area (Å²) in [5, 5.41) is 12.9. The first kappa shape index (κ1) is 14.7. The predicted molar refractivity (Wildman–Crippen MR) is 73.5 cm³/mol. The molecule has 0 saturated carbocycles. The molecule has 0 aromatic carbocycles. The Balaban J connectivity index is 2.41. The van der Waals surface area contributed by atoms with Crippen LogP contribution >= 0.6 is 0 Å². The van der Waals surface area contributed by atoms with Crippen molar-refractivity contribution in [1.82, 2.24) is 15.5 Å². The summed E-state index contributed by atoms with van der Waals surface area (Å²) in [7, 11) is 1.88. The molecule has 0 saturated heterocycles. The number of nitrogens with one attached hydrogen (secondary N) is 3. The first-order chi connectivity index (χ1) is 8.40. The first-order valence-corrected chi connectivity index (χ1v) is 6.39. The van der Waals surface area contributed by atoms with Crippen LogP contribution < -0.4 is 10.6 Å². The second-order valence-corrected chi connectivity index (χ2v) is 5.77. The van der Waals surface area contributed by atoms with Crippen LogP contribution in [0.5, 0.6) is 0 Å². The summed E-state index contributed by atoms with van der Waals surface area (Å²) in [5.74, 6) is 0.628. The minimum atomic E-state index is 0.0130. The molecule has 1 amide bonds. The summed E-state index contributed by atoms with van der Waals surface area (Å²) in [6.45, 7) is 7.36. The van der Waals surface area contributed by atoms with E-state index in [4.69, 9.17) is 0 Å². The van der Waals surface area contributed by atoms with Gasteiger partial charge >= 0.3 is 0 Å². The van der Waals surface area contributed by atoms with Crippen molar-refractivity contribution in [3.8, 4) is 0 Å². The minimum Gasteiger partial charge on any atom is -0.320 e. The normalized spacial score (nSPS) is 11.6. The summed E-state index contributed by atoms with van der Waals surface area (Å²) >= 11 is 0. The monoisotopic (exact) mass is 252 g/mol. The lowest BCUT2D eigenvalue weighted by Gasteiger charge is -2.15. The highest BCUT2D eigenvalue weighted by atomic mass is 16.1. The summed E-state index contributed by atoms with van der Waals surface area (Å²) in [4.78, 5) is 11.6. The van der Waals surface area contributed by atoms with Crippen molar-refractivity contribution in [3.05, 3.63) is 11.8 Å². The molecule has 1 rings (SSSR count). The lowest BCUT2D eigenvalue weighted by atomic mass is 9.91. The Bertz CT molecular complexity index is 379. The number of nitrogens with zero attached hydrogens (tertiary/aromatic N) is 1. The van der Waals surface area contributed by atoms with E-state index in [1.54, 1.807) is 0 Å². The third kappa shape index (κ3) is 5.82. The van der Waals surface area contributed by atoms with Gasteiger partial charge in [0.05, 0.1) is 0 Å². The molecule has 1 aromatic rings. The van der Waals surface area contributed by atoms with Crippen LogP contribution in [0.1, 0.15) is 39.3 Å². The molecule has 5 heteroatoms. The third-order valence-corrected chi connectivity index (χ3v) is 2.45. The lowest BCUT2D eigenvalue weighted by molar-refractivity contribution is -0.116. The quantitative estimate of drug-likeness (QED) is 0.678. The Hall–Kier alpha value is -1.36. The Morgan fingerprint density at radius 3 is 2.78 bits per heavy atom. The number of amides is 1. The Morgan fingerprint density at radius 1 is 1.44 bits per heavy atom. The van der Waals surface area contributed by atoms with Gasteiger partial charge in [0.15, 0.2) is 5.82 Å². The van der Waals surface area contributed by atoms with Crippen molar-refractivity contribution >= 4 is 11.7 Å². The fourth-order valence-corrected chi connectivity index (χ4v) is 1.72. The average Bonchev–Trinajstić information content (AvgIpc) is 2.63. The van der Waals surface area contributed by atoms with E-state index >= 15 is 0 Å². The molecule has 1 aromatic heterocycles. The number of aromatic amines is 1. The zero-order valence-electron chi connectivity index (χ0n) is 11.8. The van der Waals surface area contributed by atoms with Crippen molar-refractivity contribution in [1.29, 1.82) is 0 Å². The maximum absolute atomic E-state index is 11.6. The highest BCUT2D eigenvalue weighted by molar-refractivity contribution is 5.89. The summed E-state index contributed by atoms with van der Waals surface area (Å²) in [6.07, 6.45) is 2.26. The molecule has 0 radical (unpaired) electrons. The Kier molecular flexibility index (Phi) is 5.34. The molecule has 1 heterocycles. The maximum atomic E-state index is 11.6. The Morgan fingerprint density at radius 2 is 2.17 bits per heavy atom. The standard InChI is InChI=1S/C13H24N4O/c1-13(2,3)9-10-8-11(17-16-10)15-12(18)6-5-7-14-4/h8,14H,5-7,9H2,1-4H3,(H2,15,16,17,18). The van der Waals surface area contributed by atoms with E-state index in [1.165, 1.54) is 0 Å². The highest BCUT2D eigenvalue weighted by Gasteiger charge is 2.13. The van der Waals surface area contributed by atoms with Crippen LogP contribution in [0.25, 0.3) is 0 Å². The average molecular weight is 252 g/mol. The number of rotatable bonds is 6. The Labute approximate surface area is 109 Å². The van der Waals surface area contributed by atoms with Crippen LogP contribution in [0.3, 0.4) is 0 Å². The van der Waals surface area contributed by atoms with Crippen LogP contribution in [0.2, 0.25) is 0 Å². The number of H-pyrrole nitrogens is 1. The largest absolute Gasteiger partial charge is 0.320 e. The van der Waals surface area contributed by atoms with Gasteiger partial charge in [-0.3, -0.25) is 9.89 Å². The van der Waals surface area contributed by atoms with Gasteiger partial charge in [-0.15, -0.1) is 0 Å². The van der Waals surface area contributed by atoms with E-state index in [1.807, 2.05) is 13.1 Å². The van der Waals surface area contributed by atoms with Gasteiger partial charge in [-0.1, -0.05) is 20.8 Å². The second-order valence-electron chi connectivity index (χ2n) is 5.77. The van der Waals surface area contributed by atoms with E-state index in [0.717, 1.165) is 25.1 Å². The molecule has 0 aliphatic rings. The number of aromatic nitrogens is 2. The SMILES string of the molecule is CNCCCC(=O)Nc1cc(CC(C)(C)C)[nH]n1. The van der Waals surface area contributed by atoms with Crippen molar-refractivity contribution in [2.24, 2.45) is 5.41 Å². The molecule has 0 spiro atoms. The molecule has 0 aliphatic heterocycles. The van der Waals surface area contributed by atoms with Gasteiger partial charge in [-0.05, 0) is 31.8 Å². The van der Waals surface area contributed by atoms with Crippen LogP contribution in [0, 0.1) is 5.41 Å². The van der Waals surface area contributed by atoms with Gasteiger partial charge < -0.3 is 10.6 Å². The molecular formula is C13H24N4O. The first-order valence-electron chi connectivity index (χ1n) is 6.39. The molecule has 102 valence electrons. The smallest absolute Gasteiger partial charge is 0.225 e.